The van der Waals surface area contributed by atoms with Gasteiger partial charge in [0.15, 0.2) is 6.04 Å². The number of likely N-dealkylation sites (tertiary alicyclic amines) is 1. The molecule has 45 heavy (non-hydrogen) atoms. The molecule has 6 fully saturated rings. The third kappa shape index (κ3) is 9.21. The molecule has 6 aliphatic rings. The number of quaternary nitrogens is 1. The summed E-state index contributed by atoms with van der Waals surface area (Å²) in [7, 11) is 0. The summed E-state index contributed by atoms with van der Waals surface area (Å²) in [6, 6.07) is 1.49. The van der Waals surface area contributed by atoms with Crippen LogP contribution in [0.2, 0.25) is 0 Å². The molecule has 6 rings (SSSR count). The standard InChI is InChI=1S/C36H65N5O4/c1-27-35(45-26-38-27)25-44-33-13-12-29-23-40(16-14-28(29)20-33)24-32(42)22-37-36(43)34-21-31(39-30-10-9-11-30)15-19-41(34)17-7-5-3-2-4-6-8-18-41/h27-35,38-39,42H,2-26H2,1H3/p+1/t27?,28?,29?,31?,32-,33?,34?,35?/m0/s1. The van der Waals surface area contributed by atoms with Crippen LogP contribution in [-0.4, -0.2) is 122 Å². The molecule has 1 amide bonds. The molecule has 0 aromatic heterocycles. The van der Waals surface area contributed by atoms with Crippen LogP contribution in [0.3, 0.4) is 0 Å². The summed E-state index contributed by atoms with van der Waals surface area (Å²) in [6.07, 6.45) is 19.9. The number of amides is 1. The third-order valence-electron chi connectivity index (χ3n) is 12.8. The molecule has 258 valence electrons. The van der Waals surface area contributed by atoms with Crippen LogP contribution in [0.4, 0.5) is 0 Å². The van der Waals surface area contributed by atoms with Crippen LogP contribution >= 0.6 is 0 Å². The molecular weight excluding hydrogens is 566 g/mol. The molecule has 4 saturated heterocycles. The predicted molar refractivity (Wildman–Crippen MR) is 178 cm³/mol. The lowest BCUT2D eigenvalue weighted by Crippen LogP contribution is -2.67. The second kappa shape index (κ2) is 16.5. The van der Waals surface area contributed by atoms with E-state index in [1.54, 1.807) is 0 Å². The van der Waals surface area contributed by atoms with Crippen molar-refractivity contribution in [1.82, 2.24) is 20.9 Å². The molecule has 2 aliphatic carbocycles. The Morgan fingerprint density at radius 3 is 2.42 bits per heavy atom. The molecule has 4 heterocycles. The Balaban J connectivity index is 0.965. The smallest absolute Gasteiger partial charge is 0.278 e. The minimum Gasteiger partial charge on any atom is -0.390 e. The average molecular weight is 633 g/mol. The summed E-state index contributed by atoms with van der Waals surface area (Å²) in [5.41, 5.74) is 0. The van der Waals surface area contributed by atoms with Gasteiger partial charge in [-0.1, -0.05) is 25.7 Å². The van der Waals surface area contributed by atoms with E-state index in [0.29, 0.717) is 56.6 Å². The fourth-order valence-electron chi connectivity index (χ4n) is 9.63. The molecule has 9 nitrogen and oxygen atoms in total. The van der Waals surface area contributed by atoms with E-state index in [1.165, 1.54) is 83.5 Å². The molecule has 8 atom stereocenters. The lowest BCUT2D eigenvalue weighted by molar-refractivity contribution is -0.948. The number of carbonyl (C=O) groups is 1. The zero-order valence-electron chi connectivity index (χ0n) is 28.4. The van der Waals surface area contributed by atoms with Crippen molar-refractivity contribution in [2.75, 3.05) is 59.2 Å². The minimum atomic E-state index is -0.521. The van der Waals surface area contributed by atoms with Crippen molar-refractivity contribution < 1.29 is 23.9 Å². The number of carbonyl (C=O) groups excluding carboxylic acids is 1. The number of β-amino-alcohol motifs (C(OH)–C–C–N with tert-alkyl or cyclic N) is 1. The number of hydrogen-bond acceptors (Lipinski definition) is 7. The first-order valence-electron chi connectivity index (χ1n) is 19.2. The summed E-state index contributed by atoms with van der Waals surface area (Å²) in [5, 5.41) is 21.7. The maximum atomic E-state index is 14.0. The van der Waals surface area contributed by atoms with Crippen molar-refractivity contribution in [1.29, 1.82) is 0 Å². The summed E-state index contributed by atoms with van der Waals surface area (Å²) in [6.45, 7) is 10.0. The van der Waals surface area contributed by atoms with E-state index >= 15 is 0 Å². The number of rotatable bonds is 10. The molecular formula is C36H66N5O4+. The van der Waals surface area contributed by atoms with E-state index in [0.717, 1.165) is 62.4 Å². The first kappa shape index (κ1) is 34.1. The number of nitrogens with one attached hydrogen (secondary N) is 3. The molecule has 4 aliphatic heterocycles. The topological polar surface area (TPSA) is 95.1 Å². The van der Waals surface area contributed by atoms with Crippen LogP contribution < -0.4 is 16.0 Å². The number of aliphatic hydroxyl groups excluding tert-OH is 1. The zero-order valence-corrected chi connectivity index (χ0v) is 28.4. The van der Waals surface area contributed by atoms with Gasteiger partial charge in [-0.2, -0.15) is 0 Å². The van der Waals surface area contributed by atoms with Crippen LogP contribution in [0.1, 0.15) is 110 Å². The summed E-state index contributed by atoms with van der Waals surface area (Å²) in [5.74, 6) is 1.60. The van der Waals surface area contributed by atoms with Gasteiger partial charge in [0.1, 0.15) is 0 Å². The highest BCUT2D eigenvalue weighted by Gasteiger charge is 2.47. The number of nitrogens with zero attached hydrogens (tertiary/aromatic N) is 2. The number of fused-ring (bicyclic) bond motifs is 1. The van der Waals surface area contributed by atoms with Gasteiger partial charge in [-0.15, -0.1) is 0 Å². The van der Waals surface area contributed by atoms with Gasteiger partial charge in [-0.05, 0) is 89.5 Å². The SMILES string of the molecule is CC1NCOC1COC1CCC2CN(C[C@@H](O)CNC(=O)C3CC(NC4CCC4)CC[N+]34CCCCCCCCC4)CCC2C1. The Bertz CT molecular complexity index is 910. The van der Waals surface area contributed by atoms with Crippen molar-refractivity contribution in [3.8, 4) is 0 Å². The Morgan fingerprint density at radius 2 is 1.71 bits per heavy atom. The van der Waals surface area contributed by atoms with E-state index in [-0.39, 0.29) is 18.1 Å². The van der Waals surface area contributed by atoms with Crippen LogP contribution in [0.5, 0.6) is 0 Å². The van der Waals surface area contributed by atoms with Gasteiger partial charge in [0.05, 0.1) is 51.3 Å². The number of piperidine rings is 2. The highest BCUT2D eigenvalue weighted by molar-refractivity contribution is 5.80. The first-order valence-corrected chi connectivity index (χ1v) is 19.2. The normalized spacial score (nSPS) is 37.4. The molecule has 0 aromatic rings. The molecule has 4 N–H and O–H groups in total. The van der Waals surface area contributed by atoms with Gasteiger partial charge in [0.25, 0.3) is 5.91 Å². The largest absolute Gasteiger partial charge is 0.390 e. The van der Waals surface area contributed by atoms with Gasteiger partial charge in [-0.3, -0.25) is 10.1 Å². The van der Waals surface area contributed by atoms with Crippen molar-refractivity contribution in [2.45, 2.75) is 152 Å². The second-order valence-corrected chi connectivity index (χ2v) is 16.0. The fraction of sp³-hybridized carbons (Fsp3) is 0.972. The maximum absolute atomic E-state index is 14.0. The summed E-state index contributed by atoms with van der Waals surface area (Å²) >= 11 is 0. The van der Waals surface area contributed by atoms with Gasteiger partial charge < -0.3 is 34.6 Å². The molecule has 7 unspecified atom stereocenters. The fourth-order valence-corrected chi connectivity index (χ4v) is 9.63. The first-order chi connectivity index (χ1) is 22.0. The molecule has 9 heteroatoms. The van der Waals surface area contributed by atoms with Crippen molar-refractivity contribution >= 4 is 5.91 Å². The third-order valence-corrected chi connectivity index (χ3v) is 12.8. The van der Waals surface area contributed by atoms with E-state index in [1.807, 2.05) is 0 Å². The lowest BCUT2D eigenvalue weighted by atomic mass is 9.74. The maximum Gasteiger partial charge on any atom is 0.278 e. The van der Waals surface area contributed by atoms with E-state index < -0.39 is 6.10 Å². The second-order valence-electron chi connectivity index (χ2n) is 16.0. The quantitative estimate of drug-likeness (QED) is 0.274. The number of ether oxygens (including phenoxy) is 2. The van der Waals surface area contributed by atoms with E-state index in [4.69, 9.17) is 9.47 Å². The summed E-state index contributed by atoms with van der Waals surface area (Å²) in [4.78, 5) is 16.5. The van der Waals surface area contributed by atoms with Gasteiger partial charge in [-0.25, -0.2) is 0 Å². The molecule has 0 bridgehead atoms. The van der Waals surface area contributed by atoms with Gasteiger partial charge in [0.2, 0.25) is 0 Å². The Hall–Kier alpha value is -0.810. The summed E-state index contributed by atoms with van der Waals surface area (Å²) < 4.78 is 13.1. The van der Waals surface area contributed by atoms with Gasteiger partial charge in [0, 0.05) is 50.6 Å². The van der Waals surface area contributed by atoms with Gasteiger partial charge >= 0.3 is 0 Å². The highest BCUT2D eigenvalue weighted by Crippen LogP contribution is 2.38. The van der Waals surface area contributed by atoms with Crippen molar-refractivity contribution in [2.24, 2.45) is 11.8 Å². The molecule has 1 spiro atoms. The van der Waals surface area contributed by atoms with Crippen molar-refractivity contribution in [3.63, 3.8) is 0 Å². The number of hydrogen-bond donors (Lipinski definition) is 4. The van der Waals surface area contributed by atoms with Crippen LogP contribution in [0.25, 0.3) is 0 Å². The predicted octanol–water partition coefficient (Wildman–Crippen LogP) is 3.54. The Morgan fingerprint density at radius 1 is 0.933 bits per heavy atom. The van der Waals surface area contributed by atoms with Crippen molar-refractivity contribution in [3.05, 3.63) is 0 Å². The van der Waals surface area contributed by atoms with Crippen LogP contribution in [0, 0.1) is 11.8 Å². The molecule has 0 aromatic carbocycles. The Labute approximate surface area is 273 Å². The van der Waals surface area contributed by atoms with Crippen LogP contribution in [-0.2, 0) is 14.3 Å². The lowest BCUT2D eigenvalue weighted by Gasteiger charge is -2.50. The van der Waals surface area contributed by atoms with E-state index in [9.17, 15) is 9.90 Å². The van der Waals surface area contributed by atoms with E-state index in [2.05, 4.69) is 27.8 Å². The van der Waals surface area contributed by atoms with Crippen LogP contribution in [0.15, 0.2) is 0 Å². The molecule has 0 radical (unpaired) electrons. The minimum absolute atomic E-state index is 0.0100. The Kier molecular flexibility index (Phi) is 12.5. The zero-order chi connectivity index (χ0) is 31.1. The molecule has 2 saturated carbocycles. The average Bonchev–Trinajstić information content (AvgIpc) is 3.45. The highest BCUT2D eigenvalue weighted by atomic mass is 16.5. The monoisotopic (exact) mass is 633 g/mol. The number of aliphatic hydroxyl groups is 1.